The lowest BCUT2D eigenvalue weighted by Gasteiger charge is -2.16. The molecule has 29 heavy (non-hydrogen) atoms. The van der Waals surface area contributed by atoms with Crippen LogP contribution < -0.4 is 14.8 Å². The van der Waals surface area contributed by atoms with Crippen molar-refractivity contribution < 1.29 is 9.47 Å². The topological polar surface area (TPSA) is 30.5 Å². The smallest absolute Gasteiger partial charge is 0.163 e. The second-order valence-corrected chi connectivity index (χ2v) is 8.19. The Hall–Kier alpha value is -1.13. The van der Waals surface area contributed by atoms with Crippen molar-refractivity contribution in [3.8, 4) is 11.5 Å². The zero-order valence-electron chi connectivity index (χ0n) is 17.2. The zero-order valence-corrected chi connectivity index (χ0v) is 19.5. The van der Waals surface area contributed by atoms with Crippen molar-refractivity contribution in [1.29, 1.82) is 0 Å². The van der Waals surface area contributed by atoms with Crippen LogP contribution in [-0.4, -0.2) is 13.2 Å². The van der Waals surface area contributed by atoms with Crippen LogP contribution in [0.1, 0.15) is 57.1 Å². The molecule has 0 unspecified atom stereocenters. The van der Waals surface area contributed by atoms with Crippen LogP contribution >= 0.6 is 34.8 Å². The van der Waals surface area contributed by atoms with Gasteiger partial charge in [-0.3, -0.25) is 0 Å². The molecule has 2 aromatic carbocycles. The molecule has 0 radical (unpaired) electrons. The normalized spacial score (nSPS) is 10.9. The van der Waals surface area contributed by atoms with Gasteiger partial charge in [0.2, 0.25) is 0 Å². The predicted octanol–water partition coefficient (Wildman–Crippen LogP) is 7.68. The molecule has 0 saturated heterocycles. The first-order valence-corrected chi connectivity index (χ1v) is 11.4. The van der Waals surface area contributed by atoms with Crippen LogP contribution in [0.5, 0.6) is 11.5 Å². The fourth-order valence-corrected chi connectivity index (χ4v) is 3.65. The van der Waals surface area contributed by atoms with E-state index in [2.05, 4.69) is 12.2 Å². The Kier molecular flexibility index (Phi) is 11.0. The summed E-state index contributed by atoms with van der Waals surface area (Å²) in [4.78, 5) is 0. The van der Waals surface area contributed by atoms with Gasteiger partial charge in [-0.15, -0.1) is 0 Å². The molecule has 0 aliphatic heterocycles. The second kappa shape index (κ2) is 13.2. The molecule has 1 N–H and O–H groups in total. The molecule has 0 saturated carbocycles. The molecule has 0 fully saturated rings. The van der Waals surface area contributed by atoms with Gasteiger partial charge in [0.15, 0.2) is 11.5 Å². The minimum atomic E-state index is 0.307. The Bertz CT molecular complexity index is 768. The SMILES string of the molecule is CCCCCCCNCc1cc(OCC)c(OCc2ccc(Cl)cc2Cl)cc1Cl. The van der Waals surface area contributed by atoms with E-state index in [1.54, 1.807) is 12.1 Å². The molecule has 0 amide bonds. The highest BCUT2D eigenvalue weighted by atomic mass is 35.5. The molecule has 0 aromatic heterocycles. The highest BCUT2D eigenvalue weighted by Crippen LogP contribution is 2.35. The molecular weight excluding hydrogens is 429 g/mol. The Labute approximate surface area is 189 Å². The number of nitrogens with one attached hydrogen (secondary N) is 1. The average molecular weight is 459 g/mol. The fraction of sp³-hybridized carbons (Fsp3) is 0.478. The summed E-state index contributed by atoms with van der Waals surface area (Å²) in [6.45, 7) is 6.72. The first-order valence-electron chi connectivity index (χ1n) is 10.3. The lowest BCUT2D eigenvalue weighted by Crippen LogP contribution is -2.15. The maximum absolute atomic E-state index is 6.50. The first-order chi connectivity index (χ1) is 14.0. The fourth-order valence-electron chi connectivity index (χ4n) is 2.96. The highest BCUT2D eigenvalue weighted by molar-refractivity contribution is 6.35. The highest BCUT2D eigenvalue weighted by Gasteiger charge is 2.12. The minimum absolute atomic E-state index is 0.307. The Morgan fingerprint density at radius 2 is 1.52 bits per heavy atom. The van der Waals surface area contributed by atoms with Gasteiger partial charge in [-0.1, -0.05) is 73.5 Å². The molecular formula is C23H30Cl3NO2. The van der Waals surface area contributed by atoms with Gasteiger partial charge in [-0.25, -0.2) is 0 Å². The average Bonchev–Trinajstić information content (AvgIpc) is 2.69. The molecule has 0 aliphatic rings. The third-order valence-electron chi connectivity index (χ3n) is 4.58. The lowest BCUT2D eigenvalue weighted by atomic mass is 10.1. The number of benzene rings is 2. The van der Waals surface area contributed by atoms with Crippen molar-refractivity contribution in [1.82, 2.24) is 5.32 Å². The number of ether oxygens (including phenoxy) is 2. The maximum atomic E-state index is 6.50. The summed E-state index contributed by atoms with van der Waals surface area (Å²) in [7, 11) is 0. The van der Waals surface area contributed by atoms with Gasteiger partial charge in [0, 0.05) is 33.2 Å². The molecule has 160 valence electrons. The predicted molar refractivity (Wildman–Crippen MR) is 124 cm³/mol. The van der Waals surface area contributed by atoms with E-state index in [-0.39, 0.29) is 0 Å². The van der Waals surface area contributed by atoms with Crippen LogP contribution in [0.3, 0.4) is 0 Å². The summed E-state index contributed by atoms with van der Waals surface area (Å²) >= 11 is 18.7. The van der Waals surface area contributed by atoms with Crippen molar-refractivity contribution in [2.75, 3.05) is 13.2 Å². The second-order valence-electron chi connectivity index (χ2n) is 6.94. The van der Waals surface area contributed by atoms with Crippen molar-refractivity contribution in [2.24, 2.45) is 0 Å². The number of halogens is 3. The Morgan fingerprint density at radius 1 is 0.793 bits per heavy atom. The maximum Gasteiger partial charge on any atom is 0.163 e. The van der Waals surface area contributed by atoms with Crippen molar-refractivity contribution in [3.63, 3.8) is 0 Å². The standard InChI is InChI=1S/C23H30Cl3NO2/c1-3-5-6-7-8-11-27-15-18-12-22(28-4-2)23(14-21(18)26)29-16-17-9-10-19(24)13-20(17)25/h9-10,12-14,27H,3-8,11,15-16H2,1-2H3. The zero-order chi connectivity index (χ0) is 21.1. The molecule has 3 nitrogen and oxygen atoms in total. The van der Waals surface area contributed by atoms with Crippen LogP contribution in [0, 0.1) is 0 Å². The Balaban J connectivity index is 1.97. The summed E-state index contributed by atoms with van der Waals surface area (Å²) in [6.07, 6.45) is 6.32. The van der Waals surface area contributed by atoms with E-state index in [1.165, 1.54) is 32.1 Å². The molecule has 0 bridgehead atoms. The van der Waals surface area contributed by atoms with Gasteiger partial charge in [0.05, 0.1) is 6.61 Å². The summed E-state index contributed by atoms with van der Waals surface area (Å²) in [5, 5.41) is 5.29. The van der Waals surface area contributed by atoms with E-state index in [9.17, 15) is 0 Å². The van der Waals surface area contributed by atoms with E-state index in [4.69, 9.17) is 44.3 Å². The molecule has 2 aromatic rings. The van der Waals surface area contributed by atoms with Crippen LogP contribution in [-0.2, 0) is 13.2 Å². The van der Waals surface area contributed by atoms with E-state index in [1.807, 2.05) is 25.1 Å². The van der Waals surface area contributed by atoms with E-state index in [0.29, 0.717) is 46.3 Å². The molecule has 6 heteroatoms. The van der Waals surface area contributed by atoms with Crippen LogP contribution in [0.25, 0.3) is 0 Å². The summed E-state index contributed by atoms with van der Waals surface area (Å²) in [5.41, 5.74) is 1.85. The van der Waals surface area contributed by atoms with Crippen LogP contribution in [0.15, 0.2) is 30.3 Å². The molecule has 0 spiro atoms. The summed E-state index contributed by atoms with van der Waals surface area (Å²) in [6, 6.07) is 9.11. The Morgan fingerprint density at radius 3 is 2.24 bits per heavy atom. The summed E-state index contributed by atoms with van der Waals surface area (Å²) < 4.78 is 11.7. The minimum Gasteiger partial charge on any atom is -0.490 e. The monoisotopic (exact) mass is 457 g/mol. The number of hydrogen-bond acceptors (Lipinski definition) is 3. The number of unbranched alkanes of at least 4 members (excludes halogenated alkanes) is 4. The molecule has 2 rings (SSSR count). The van der Waals surface area contributed by atoms with E-state index < -0.39 is 0 Å². The van der Waals surface area contributed by atoms with Crippen molar-refractivity contribution in [2.45, 2.75) is 59.1 Å². The molecule has 0 atom stereocenters. The first kappa shape index (κ1) is 24.1. The quantitative estimate of drug-likeness (QED) is 0.312. The van der Waals surface area contributed by atoms with Crippen LogP contribution in [0.2, 0.25) is 15.1 Å². The van der Waals surface area contributed by atoms with Gasteiger partial charge in [-0.05, 0) is 43.7 Å². The summed E-state index contributed by atoms with van der Waals surface area (Å²) in [5.74, 6) is 1.29. The van der Waals surface area contributed by atoms with Gasteiger partial charge in [0.25, 0.3) is 0 Å². The van der Waals surface area contributed by atoms with Gasteiger partial charge in [-0.2, -0.15) is 0 Å². The number of rotatable bonds is 13. The van der Waals surface area contributed by atoms with Crippen molar-refractivity contribution >= 4 is 34.8 Å². The largest absolute Gasteiger partial charge is 0.490 e. The van der Waals surface area contributed by atoms with Gasteiger partial charge < -0.3 is 14.8 Å². The third-order valence-corrected chi connectivity index (χ3v) is 5.52. The number of hydrogen-bond donors (Lipinski definition) is 1. The lowest BCUT2D eigenvalue weighted by molar-refractivity contribution is 0.269. The van der Waals surface area contributed by atoms with Crippen LogP contribution in [0.4, 0.5) is 0 Å². The van der Waals surface area contributed by atoms with Gasteiger partial charge >= 0.3 is 0 Å². The van der Waals surface area contributed by atoms with Crippen molar-refractivity contribution in [3.05, 3.63) is 56.5 Å². The van der Waals surface area contributed by atoms with E-state index >= 15 is 0 Å². The third kappa shape index (κ3) is 8.25. The van der Waals surface area contributed by atoms with Gasteiger partial charge in [0.1, 0.15) is 6.61 Å². The molecule has 0 aliphatic carbocycles. The van der Waals surface area contributed by atoms with E-state index in [0.717, 1.165) is 17.7 Å². The molecule has 0 heterocycles.